The van der Waals surface area contributed by atoms with Crippen LogP contribution in [0.1, 0.15) is 31.2 Å². The van der Waals surface area contributed by atoms with Crippen LogP contribution in [0.4, 0.5) is 0 Å². The van der Waals surface area contributed by atoms with E-state index in [4.69, 9.17) is 4.98 Å². The van der Waals surface area contributed by atoms with Gasteiger partial charge < -0.3 is 0 Å². The van der Waals surface area contributed by atoms with Crippen molar-refractivity contribution in [2.45, 2.75) is 19.8 Å². The Kier molecular flexibility index (Phi) is 3.90. The maximum absolute atomic E-state index is 9.23. The van der Waals surface area contributed by atoms with Gasteiger partial charge in [0, 0.05) is 17.5 Å². The molecule has 0 N–H and O–H groups in total. The molecule has 6 heteroatoms. The van der Waals surface area contributed by atoms with Gasteiger partial charge in [-0.3, -0.25) is 9.97 Å². The molecule has 0 spiro atoms. The van der Waals surface area contributed by atoms with Crippen LogP contribution in [0.25, 0.3) is 28.3 Å². The molecule has 0 aliphatic carbocycles. The Morgan fingerprint density at radius 1 is 1.00 bits per heavy atom. The minimum Gasteiger partial charge on any atom is -0.254 e. The average molecular weight is 340 g/mol. The minimum atomic E-state index is 0.334. The van der Waals surface area contributed by atoms with Gasteiger partial charge in [-0.05, 0) is 42.3 Å². The first kappa shape index (κ1) is 15.9. The van der Waals surface area contributed by atoms with Gasteiger partial charge in [-0.1, -0.05) is 19.9 Å². The Morgan fingerprint density at radius 3 is 2.69 bits per heavy atom. The third kappa shape index (κ3) is 2.70. The SMILES string of the molecule is CC(C)c1cccc(-c2ncccc2-c2ccc3ncc(C#N)n3n2)n1. The smallest absolute Gasteiger partial charge is 0.162 e. The van der Waals surface area contributed by atoms with Crippen molar-refractivity contribution >= 4 is 5.65 Å². The van der Waals surface area contributed by atoms with Crippen molar-refractivity contribution in [2.24, 2.45) is 0 Å². The Morgan fingerprint density at radius 2 is 1.88 bits per heavy atom. The molecule has 4 heterocycles. The first-order valence-electron chi connectivity index (χ1n) is 8.35. The molecule has 126 valence electrons. The molecule has 0 saturated heterocycles. The number of pyridine rings is 2. The van der Waals surface area contributed by atoms with Crippen LogP contribution in [0, 0.1) is 11.3 Å². The summed E-state index contributed by atoms with van der Waals surface area (Å²) in [5.41, 5.74) is 5.19. The van der Waals surface area contributed by atoms with Crippen molar-refractivity contribution in [1.29, 1.82) is 5.26 Å². The molecule has 4 rings (SSSR count). The van der Waals surface area contributed by atoms with Crippen LogP contribution in [0.15, 0.2) is 54.9 Å². The van der Waals surface area contributed by atoms with Crippen molar-refractivity contribution in [3.8, 4) is 28.7 Å². The maximum Gasteiger partial charge on any atom is 0.162 e. The summed E-state index contributed by atoms with van der Waals surface area (Å²) in [7, 11) is 0. The number of nitrogens with zero attached hydrogens (tertiary/aromatic N) is 6. The van der Waals surface area contributed by atoms with Gasteiger partial charge in [0.15, 0.2) is 11.3 Å². The van der Waals surface area contributed by atoms with Crippen molar-refractivity contribution in [1.82, 2.24) is 24.6 Å². The van der Waals surface area contributed by atoms with E-state index < -0.39 is 0 Å². The fourth-order valence-electron chi connectivity index (χ4n) is 2.81. The van der Waals surface area contributed by atoms with Crippen LogP contribution >= 0.6 is 0 Å². The monoisotopic (exact) mass is 340 g/mol. The van der Waals surface area contributed by atoms with Gasteiger partial charge >= 0.3 is 0 Å². The highest BCUT2D eigenvalue weighted by Crippen LogP contribution is 2.28. The lowest BCUT2D eigenvalue weighted by molar-refractivity contribution is 0.824. The molecule has 26 heavy (non-hydrogen) atoms. The molecule has 0 saturated carbocycles. The molecule has 4 aromatic heterocycles. The summed E-state index contributed by atoms with van der Waals surface area (Å²) in [6.45, 7) is 4.23. The second-order valence-corrected chi connectivity index (χ2v) is 6.25. The molecule has 0 aromatic carbocycles. The number of fused-ring (bicyclic) bond motifs is 1. The fourth-order valence-corrected chi connectivity index (χ4v) is 2.81. The van der Waals surface area contributed by atoms with E-state index in [1.54, 1.807) is 10.7 Å². The molecule has 0 radical (unpaired) electrons. The second kappa shape index (κ2) is 6.37. The van der Waals surface area contributed by atoms with Crippen molar-refractivity contribution < 1.29 is 0 Å². The van der Waals surface area contributed by atoms with Gasteiger partial charge in [0.05, 0.1) is 23.3 Å². The second-order valence-electron chi connectivity index (χ2n) is 6.25. The van der Waals surface area contributed by atoms with E-state index in [1.165, 1.54) is 6.20 Å². The van der Waals surface area contributed by atoms with E-state index in [9.17, 15) is 5.26 Å². The highest BCUT2D eigenvalue weighted by atomic mass is 15.3. The standard InChI is InChI=1S/C20H16N6/c1-13(2)16-6-3-7-18(24-16)20-15(5-4-10-22-20)17-8-9-19-23-12-14(11-21)26(19)25-17/h3-10,12-13H,1-2H3. The molecular formula is C20H16N6. The first-order chi connectivity index (χ1) is 12.7. The lowest BCUT2D eigenvalue weighted by Gasteiger charge is -2.10. The topological polar surface area (TPSA) is 79.8 Å². The predicted octanol–water partition coefficient (Wildman–Crippen LogP) is 3.85. The largest absolute Gasteiger partial charge is 0.254 e. The van der Waals surface area contributed by atoms with Crippen LogP contribution < -0.4 is 0 Å². The van der Waals surface area contributed by atoms with Gasteiger partial charge in [-0.2, -0.15) is 10.4 Å². The molecule has 0 fully saturated rings. The van der Waals surface area contributed by atoms with Gasteiger partial charge in [0.25, 0.3) is 0 Å². The van der Waals surface area contributed by atoms with Crippen molar-refractivity contribution in [3.63, 3.8) is 0 Å². The summed E-state index contributed by atoms with van der Waals surface area (Å²) in [4.78, 5) is 13.5. The van der Waals surface area contributed by atoms with Gasteiger partial charge in [0.1, 0.15) is 6.07 Å². The van der Waals surface area contributed by atoms with E-state index in [0.29, 0.717) is 23.0 Å². The Bertz CT molecular complexity index is 1140. The zero-order chi connectivity index (χ0) is 18.1. The third-order valence-electron chi connectivity index (χ3n) is 4.17. The molecule has 0 bridgehead atoms. The summed E-state index contributed by atoms with van der Waals surface area (Å²) in [6, 6.07) is 15.6. The Labute approximate surface area is 150 Å². The maximum atomic E-state index is 9.23. The molecule has 0 aliphatic heterocycles. The third-order valence-corrected chi connectivity index (χ3v) is 4.17. The van der Waals surface area contributed by atoms with Crippen LogP contribution in [0.5, 0.6) is 0 Å². The molecule has 0 atom stereocenters. The molecule has 4 aromatic rings. The average Bonchev–Trinajstić information content (AvgIpc) is 3.10. The normalized spacial score (nSPS) is 11.0. The number of hydrogen-bond donors (Lipinski definition) is 0. The Balaban J connectivity index is 1.89. The highest BCUT2D eigenvalue weighted by molar-refractivity contribution is 5.77. The number of rotatable bonds is 3. The van der Waals surface area contributed by atoms with Crippen LogP contribution in [0.2, 0.25) is 0 Å². The lowest BCUT2D eigenvalue weighted by Crippen LogP contribution is -2.00. The van der Waals surface area contributed by atoms with Crippen LogP contribution in [0.3, 0.4) is 0 Å². The zero-order valence-corrected chi connectivity index (χ0v) is 14.5. The summed E-state index contributed by atoms with van der Waals surface area (Å²) in [5, 5.41) is 13.8. The number of hydrogen-bond acceptors (Lipinski definition) is 5. The van der Waals surface area contributed by atoms with Gasteiger partial charge in [-0.15, -0.1) is 0 Å². The molecule has 0 amide bonds. The summed E-state index contributed by atoms with van der Waals surface area (Å²) < 4.78 is 1.55. The summed E-state index contributed by atoms with van der Waals surface area (Å²) in [6.07, 6.45) is 3.27. The zero-order valence-electron chi connectivity index (χ0n) is 14.5. The molecule has 0 unspecified atom stereocenters. The lowest BCUT2D eigenvalue weighted by atomic mass is 10.1. The van der Waals surface area contributed by atoms with Crippen molar-refractivity contribution in [2.75, 3.05) is 0 Å². The van der Waals surface area contributed by atoms with Gasteiger partial charge in [0.2, 0.25) is 0 Å². The van der Waals surface area contributed by atoms with Crippen LogP contribution in [-0.2, 0) is 0 Å². The van der Waals surface area contributed by atoms with E-state index in [-0.39, 0.29) is 0 Å². The van der Waals surface area contributed by atoms with Crippen LogP contribution in [-0.4, -0.2) is 24.6 Å². The number of imidazole rings is 1. The summed E-state index contributed by atoms with van der Waals surface area (Å²) >= 11 is 0. The van der Waals surface area contributed by atoms with Crippen molar-refractivity contribution in [3.05, 3.63) is 66.2 Å². The first-order valence-corrected chi connectivity index (χ1v) is 8.35. The number of aromatic nitrogens is 5. The summed E-state index contributed by atoms with van der Waals surface area (Å²) in [5.74, 6) is 0.334. The molecular weight excluding hydrogens is 324 g/mol. The van der Waals surface area contributed by atoms with Gasteiger partial charge in [-0.25, -0.2) is 9.50 Å². The number of nitriles is 1. The molecule has 0 aliphatic rings. The highest BCUT2D eigenvalue weighted by Gasteiger charge is 2.14. The van der Waals surface area contributed by atoms with E-state index in [2.05, 4.69) is 35.0 Å². The minimum absolute atomic E-state index is 0.334. The Hall–Kier alpha value is -3.59. The van der Waals surface area contributed by atoms with E-state index >= 15 is 0 Å². The predicted molar refractivity (Wildman–Crippen MR) is 98.3 cm³/mol. The quantitative estimate of drug-likeness (QED) is 0.566. The van der Waals surface area contributed by atoms with E-state index in [0.717, 1.165) is 22.6 Å². The van der Waals surface area contributed by atoms with E-state index in [1.807, 2.05) is 42.5 Å². The molecule has 6 nitrogen and oxygen atoms in total. The fraction of sp³-hybridized carbons (Fsp3) is 0.150.